The van der Waals surface area contributed by atoms with Gasteiger partial charge in [-0.2, -0.15) is 4.21 Å². The molecule has 0 saturated heterocycles. The van der Waals surface area contributed by atoms with Crippen LogP contribution in [0.15, 0.2) is 30.3 Å². The molecule has 62 valence electrons. The Kier molecular flexibility index (Phi) is 8.11. The molecule has 0 aliphatic rings. The summed E-state index contributed by atoms with van der Waals surface area (Å²) in [5, 5.41) is 0. The minimum atomic E-state index is -2.61. The molecule has 0 aliphatic carbocycles. The van der Waals surface area contributed by atoms with Crippen molar-refractivity contribution in [3.63, 3.8) is 0 Å². The van der Waals surface area contributed by atoms with Gasteiger partial charge >= 0.3 is 67.5 Å². The molecule has 0 unspecified atom stereocenters. The molecule has 1 aromatic rings. The molecule has 0 aliphatic heterocycles. The van der Waals surface area contributed by atoms with Crippen molar-refractivity contribution in [1.29, 1.82) is 0 Å². The molecule has 0 aromatic heterocycles. The molecule has 0 bridgehead atoms. The standard InChI is InChI=1S/C7H7.Na.H2O3S/c1-7-5-3-2-4-6-7;;1-4(2)3/h2-6H,1H2;;(H2,1,2,3). The van der Waals surface area contributed by atoms with Gasteiger partial charge in [0, 0.05) is 0 Å². The Morgan fingerprint density at radius 2 is 1.67 bits per heavy atom. The molecule has 0 saturated carbocycles. The zero-order valence-electron chi connectivity index (χ0n) is 6.80. The Morgan fingerprint density at radius 1 is 1.25 bits per heavy atom. The van der Waals surface area contributed by atoms with Crippen molar-refractivity contribution in [2.75, 3.05) is 0 Å². The zero-order valence-corrected chi connectivity index (χ0v) is 9.62. The number of hydrogen-bond acceptors (Lipinski definition) is 1. The first-order valence-electron chi connectivity index (χ1n) is 3.50. The molecular formula is C7H9NaO3S. The Morgan fingerprint density at radius 3 is 1.92 bits per heavy atom. The average Bonchev–Trinajstić information content (AvgIpc) is 2.05. The number of hydrogen-bond donors (Lipinski definition) is 2. The van der Waals surface area contributed by atoms with E-state index in [0.29, 0.717) is 0 Å². The third kappa shape index (κ3) is 8.39. The monoisotopic (exact) mass is 196 g/mol. The molecular weight excluding hydrogens is 187 g/mol. The summed E-state index contributed by atoms with van der Waals surface area (Å²) in [5.74, 6) is 0. The van der Waals surface area contributed by atoms with Gasteiger partial charge in [-0.3, -0.25) is 9.11 Å². The van der Waals surface area contributed by atoms with Crippen LogP contribution < -0.4 is 0 Å². The molecule has 0 fully saturated rings. The molecule has 1 aromatic carbocycles. The van der Waals surface area contributed by atoms with Crippen molar-refractivity contribution in [2.45, 2.75) is 3.67 Å². The molecule has 0 radical (unpaired) electrons. The van der Waals surface area contributed by atoms with Gasteiger partial charge in [-0.1, -0.05) is 0 Å². The van der Waals surface area contributed by atoms with Crippen molar-refractivity contribution in [3.8, 4) is 0 Å². The van der Waals surface area contributed by atoms with Gasteiger partial charge in [0.05, 0.1) is 0 Å². The van der Waals surface area contributed by atoms with E-state index in [0.717, 1.165) is 0 Å². The maximum atomic E-state index is 8.67. The number of rotatable bonds is 1. The van der Waals surface area contributed by atoms with Crippen LogP contribution in [0.2, 0.25) is 0 Å². The summed E-state index contributed by atoms with van der Waals surface area (Å²) in [6.07, 6.45) is 0. The summed E-state index contributed by atoms with van der Waals surface area (Å²) in [5.41, 5.74) is 1.47. The normalized spacial score (nSPS) is 9.08. The third-order valence-corrected chi connectivity index (χ3v) is 2.07. The summed E-state index contributed by atoms with van der Waals surface area (Å²) in [6.45, 7) is 0. The topological polar surface area (TPSA) is 57.5 Å². The fourth-order valence-corrected chi connectivity index (χ4v) is 1.19. The van der Waals surface area contributed by atoms with Crippen LogP contribution in [0.1, 0.15) is 5.56 Å². The molecule has 5 heteroatoms. The van der Waals surface area contributed by atoms with Crippen molar-refractivity contribution >= 4 is 39.3 Å². The molecule has 3 nitrogen and oxygen atoms in total. The Hall–Kier alpha value is 0.290. The van der Waals surface area contributed by atoms with E-state index in [1.54, 1.807) is 0 Å². The second-order valence-corrected chi connectivity index (χ2v) is 3.24. The predicted molar refractivity (Wildman–Crippen MR) is 49.3 cm³/mol. The second kappa shape index (κ2) is 7.91. The SMILES string of the molecule is O=S(O)O.[Na][CH2]c1ccccc1. The van der Waals surface area contributed by atoms with E-state index in [4.69, 9.17) is 13.3 Å². The van der Waals surface area contributed by atoms with Crippen molar-refractivity contribution in [2.24, 2.45) is 0 Å². The summed E-state index contributed by atoms with van der Waals surface area (Å²) < 4.78 is 24.1. The molecule has 0 atom stereocenters. The van der Waals surface area contributed by atoms with E-state index in [1.165, 1.54) is 37.2 Å². The first-order chi connectivity index (χ1) is 5.66. The summed E-state index contributed by atoms with van der Waals surface area (Å²) >= 11 is -1.33. The van der Waals surface area contributed by atoms with Crippen molar-refractivity contribution in [3.05, 3.63) is 35.9 Å². The van der Waals surface area contributed by atoms with E-state index in [1.807, 2.05) is 0 Å². The summed E-state index contributed by atoms with van der Waals surface area (Å²) in [7, 11) is 0. The Labute approximate surface area is 91.7 Å². The van der Waals surface area contributed by atoms with Crippen LogP contribution in [0.3, 0.4) is 0 Å². The Bertz CT molecular complexity index is 223. The zero-order chi connectivity index (χ0) is 9.40. The molecule has 0 spiro atoms. The van der Waals surface area contributed by atoms with Gasteiger partial charge < -0.3 is 0 Å². The summed E-state index contributed by atoms with van der Waals surface area (Å²) in [6, 6.07) is 10.6. The van der Waals surface area contributed by atoms with Crippen LogP contribution in [-0.4, -0.2) is 41.2 Å². The molecule has 2 N–H and O–H groups in total. The third-order valence-electron chi connectivity index (χ3n) is 1.25. The van der Waals surface area contributed by atoms with Gasteiger partial charge in [-0.05, 0) is 0 Å². The van der Waals surface area contributed by atoms with Crippen LogP contribution in [0.5, 0.6) is 0 Å². The van der Waals surface area contributed by atoms with Gasteiger partial charge in [0.15, 0.2) is 0 Å². The van der Waals surface area contributed by atoms with Gasteiger partial charge in [0.1, 0.15) is 0 Å². The van der Waals surface area contributed by atoms with Gasteiger partial charge in [0.25, 0.3) is 11.4 Å². The van der Waals surface area contributed by atoms with E-state index in [-0.39, 0.29) is 0 Å². The van der Waals surface area contributed by atoms with Crippen LogP contribution in [-0.2, 0) is 15.0 Å². The van der Waals surface area contributed by atoms with Gasteiger partial charge in [-0.15, -0.1) is 0 Å². The quantitative estimate of drug-likeness (QED) is 0.521. The fourth-order valence-electron chi connectivity index (χ4n) is 0.714. The van der Waals surface area contributed by atoms with E-state index in [2.05, 4.69) is 30.3 Å². The predicted octanol–water partition coefficient (Wildman–Crippen LogP) is 1.04. The molecule has 1 rings (SSSR count). The van der Waals surface area contributed by atoms with Crippen molar-refractivity contribution < 1.29 is 13.3 Å². The average molecular weight is 196 g/mol. The fraction of sp³-hybridized carbons (Fsp3) is 0.143. The van der Waals surface area contributed by atoms with Gasteiger partial charge in [0.2, 0.25) is 0 Å². The Balaban J connectivity index is 0.000000261. The van der Waals surface area contributed by atoms with Crippen LogP contribution in [0, 0.1) is 0 Å². The first kappa shape index (κ1) is 12.3. The minimum absolute atomic E-state index is 1.28. The van der Waals surface area contributed by atoms with Crippen molar-refractivity contribution in [1.82, 2.24) is 0 Å². The second-order valence-electron chi connectivity index (χ2n) is 2.07. The summed E-state index contributed by atoms with van der Waals surface area (Å²) in [4.78, 5) is 0. The molecule has 12 heavy (non-hydrogen) atoms. The molecule has 0 amide bonds. The van der Waals surface area contributed by atoms with Crippen LogP contribution in [0.25, 0.3) is 0 Å². The van der Waals surface area contributed by atoms with Gasteiger partial charge in [-0.25, -0.2) is 0 Å². The maximum absolute atomic E-state index is 8.67. The van der Waals surface area contributed by atoms with E-state index < -0.39 is 11.4 Å². The molecule has 0 heterocycles. The van der Waals surface area contributed by atoms with E-state index >= 15 is 0 Å². The van der Waals surface area contributed by atoms with Crippen LogP contribution >= 0.6 is 0 Å². The van der Waals surface area contributed by atoms with E-state index in [9.17, 15) is 0 Å². The first-order valence-corrected chi connectivity index (χ1v) is 5.98. The van der Waals surface area contributed by atoms with Crippen LogP contribution in [0.4, 0.5) is 0 Å². The number of benzene rings is 1.